The molecule has 0 spiro atoms. The molecule has 1 aromatic heterocycles. The average Bonchev–Trinajstić information content (AvgIpc) is 2.30. The zero-order chi connectivity index (χ0) is 11.4. The number of rotatable bonds is 3. The summed E-state index contributed by atoms with van der Waals surface area (Å²) in [5.74, 6) is -0.248. The SMILES string of the molecule is Oc1ccc(CNc2ccc(F)nc2)cc1. The van der Waals surface area contributed by atoms with Gasteiger partial charge in [-0.25, -0.2) is 4.98 Å². The molecule has 0 atom stereocenters. The summed E-state index contributed by atoms with van der Waals surface area (Å²) in [4.78, 5) is 3.54. The van der Waals surface area contributed by atoms with Crippen LogP contribution < -0.4 is 5.32 Å². The molecule has 16 heavy (non-hydrogen) atoms. The van der Waals surface area contributed by atoms with E-state index in [0.717, 1.165) is 11.3 Å². The third-order valence-electron chi connectivity index (χ3n) is 2.16. The Hall–Kier alpha value is -2.10. The largest absolute Gasteiger partial charge is 0.508 e. The van der Waals surface area contributed by atoms with E-state index < -0.39 is 5.95 Å². The van der Waals surface area contributed by atoms with Gasteiger partial charge in [-0.2, -0.15) is 4.39 Å². The van der Waals surface area contributed by atoms with Crippen molar-refractivity contribution in [3.63, 3.8) is 0 Å². The van der Waals surface area contributed by atoms with E-state index in [1.54, 1.807) is 18.2 Å². The van der Waals surface area contributed by atoms with Gasteiger partial charge in [0, 0.05) is 6.54 Å². The summed E-state index contributed by atoms with van der Waals surface area (Å²) in [5, 5.41) is 12.2. The van der Waals surface area contributed by atoms with E-state index in [0.29, 0.717) is 6.54 Å². The minimum absolute atomic E-state index is 0.243. The lowest BCUT2D eigenvalue weighted by Gasteiger charge is -2.05. The van der Waals surface area contributed by atoms with E-state index in [1.807, 2.05) is 12.1 Å². The Kier molecular flexibility index (Phi) is 3.00. The second-order valence-electron chi connectivity index (χ2n) is 3.39. The molecule has 82 valence electrons. The highest BCUT2D eigenvalue weighted by molar-refractivity contribution is 5.41. The molecule has 2 rings (SSSR count). The van der Waals surface area contributed by atoms with Crippen LogP contribution in [0.5, 0.6) is 5.75 Å². The van der Waals surface area contributed by atoms with Crippen LogP contribution in [-0.4, -0.2) is 10.1 Å². The lowest BCUT2D eigenvalue weighted by molar-refractivity contribution is 0.475. The number of benzene rings is 1. The summed E-state index contributed by atoms with van der Waals surface area (Å²) < 4.78 is 12.5. The van der Waals surface area contributed by atoms with Gasteiger partial charge in [-0.15, -0.1) is 0 Å². The Balaban J connectivity index is 1.97. The van der Waals surface area contributed by atoms with Gasteiger partial charge in [0.15, 0.2) is 0 Å². The number of phenolic OH excluding ortho intramolecular Hbond substituents is 1. The standard InChI is InChI=1S/C12H11FN2O/c13-12-6-3-10(8-15-12)14-7-9-1-4-11(16)5-2-9/h1-6,8,14,16H,7H2. The maximum absolute atomic E-state index is 12.5. The van der Waals surface area contributed by atoms with Crippen molar-refractivity contribution >= 4 is 5.69 Å². The third-order valence-corrected chi connectivity index (χ3v) is 2.16. The van der Waals surface area contributed by atoms with Crippen molar-refractivity contribution < 1.29 is 9.50 Å². The van der Waals surface area contributed by atoms with Gasteiger partial charge in [0.1, 0.15) is 5.75 Å². The topological polar surface area (TPSA) is 45.1 Å². The fourth-order valence-corrected chi connectivity index (χ4v) is 1.30. The van der Waals surface area contributed by atoms with Crippen molar-refractivity contribution in [2.24, 2.45) is 0 Å². The number of hydrogen-bond acceptors (Lipinski definition) is 3. The first-order valence-electron chi connectivity index (χ1n) is 4.87. The van der Waals surface area contributed by atoms with Crippen LogP contribution in [0, 0.1) is 5.95 Å². The lowest BCUT2D eigenvalue weighted by atomic mass is 10.2. The summed E-state index contributed by atoms with van der Waals surface area (Å²) in [6.45, 7) is 0.605. The molecule has 4 heteroatoms. The number of hydrogen-bond donors (Lipinski definition) is 2. The number of nitrogens with zero attached hydrogens (tertiary/aromatic N) is 1. The smallest absolute Gasteiger partial charge is 0.212 e. The fourth-order valence-electron chi connectivity index (χ4n) is 1.30. The van der Waals surface area contributed by atoms with Crippen LogP contribution in [0.15, 0.2) is 42.6 Å². The van der Waals surface area contributed by atoms with Crippen LogP contribution in [0.4, 0.5) is 10.1 Å². The number of pyridine rings is 1. The highest BCUT2D eigenvalue weighted by Crippen LogP contribution is 2.12. The molecule has 2 N–H and O–H groups in total. The maximum Gasteiger partial charge on any atom is 0.212 e. The number of phenols is 1. The van der Waals surface area contributed by atoms with Crippen molar-refractivity contribution in [2.75, 3.05) is 5.32 Å². The molecular weight excluding hydrogens is 207 g/mol. The maximum atomic E-state index is 12.5. The van der Waals surface area contributed by atoms with Crippen LogP contribution in [0.25, 0.3) is 0 Å². The van der Waals surface area contributed by atoms with E-state index in [9.17, 15) is 4.39 Å². The summed E-state index contributed by atoms with van der Waals surface area (Å²) >= 11 is 0. The van der Waals surface area contributed by atoms with Crippen molar-refractivity contribution in [2.45, 2.75) is 6.54 Å². The average molecular weight is 218 g/mol. The van der Waals surface area contributed by atoms with Gasteiger partial charge >= 0.3 is 0 Å². The Morgan fingerprint density at radius 3 is 2.50 bits per heavy atom. The van der Waals surface area contributed by atoms with Crippen LogP contribution >= 0.6 is 0 Å². The summed E-state index contributed by atoms with van der Waals surface area (Å²) in [7, 11) is 0. The normalized spacial score (nSPS) is 10.1. The highest BCUT2D eigenvalue weighted by Gasteiger charge is 1.95. The minimum Gasteiger partial charge on any atom is -0.508 e. The molecule has 3 nitrogen and oxygen atoms in total. The molecule has 0 bridgehead atoms. The van der Waals surface area contributed by atoms with E-state index in [1.165, 1.54) is 12.3 Å². The minimum atomic E-state index is -0.491. The lowest BCUT2D eigenvalue weighted by Crippen LogP contribution is -1.99. The molecule has 0 saturated heterocycles. The van der Waals surface area contributed by atoms with Crippen LogP contribution in [0.1, 0.15) is 5.56 Å². The molecule has 2 aromatic rings. The van der Waals surface area contributed by atoms with Gasteiger partial charge in [0.05, 0.1) is 11.9 Å². The van der Waals surface area contributed by atoms with E-state index in [-0.39, 0.29) is 5.75 Å². The monoisotopic (exact) mass is 218 g/mol. The van der Waals surface area contributed by atoms with Gasteiger partial charge in [0.25, 0.3) is 0 Å². The van der Waals surface area contributed by atoms with Gasteiger partial charge in [-0.3, -0.25) is 0 Å². The molecule has 0 amide bonds. The first kappa shape index (κ1) is 10.4. The molecule has 0 aliphatic carbocycles. The highest BCUT2D eigenvalue weighted by atomic mass is 19.1. The van der Waals surface area contributed by atoms with Crippen molar-refractivity contribution in [1.29, 1.82) is 0 Å². The predicted molar refractivity (Wildman–Crippen MR) is 59.6 cm³/mol. The molecule has 0 unspecified atom stereocenters. The Labute approximate surface area is 92.6 Å². The summed E-state index contributed by atoms with van der Waals surface area (Å²) in [5.41, 5.74) is 1.79. The van der Waals surface area contributed by atoms with E-state index in [2.05, 4.69) is 10.3 Å². The molecule has 0 radical (unpaired) electrons. The number of aromatic nitrogens is 1. The number of nitrogens with one attached hydrogen (secondary N) is 1. The fraction of sp³-hybridized carbons (Fsp3) is 0.0833. The van der Waals surface area contributed by atoms with Gasteiger partial charge in [0.2, 0.25) is 5.95 Å². The quantitative estimate of drug-likeness (QED) is 0.778. The Bertz CT molecular complexity index is 408. The van der Waals surface area contributed by atoms with Crippen molar-refractivity contribution in [3.05, 3.63) is 54.1 Å². The van der Waals surface area contributed by atoms with Crippen molar-refractivity contribution in [3.8, 4) is 5.75 Å². The second kappa shape index (κ2) is 4.61. The Morgan fingerprint density at radius 2 is 1.88 bits per heavy atom. The summed E-state index contributed by atoms with van der Waals surface area (Å²) in [6, 6.07) is 9.82. The summed E-state index contributed by atoms with van der Waals surface area (Å²) in [6.07, 6.45) is 1.44. The van der Waals surface area contributed by atoms with Crippen LogP contribution in [-0.2, 0) is 6.54 Å². The molecule has 0 aliphatic heterocycles. The molecule has 0 saturated carbocycles. The zero-order valence-corrected chi connectivity index (χ0v) is 8.52. The van der Waals surface area contributed by atoms with E-state index >= 15 is 0 Å². The number of anilines is 1. The Morgan fingerprint density at radius 1 is 1.12 bits per heavy atom. The van der Waals surface area contributed by atoms with Gasteiger partial charge in [-0.05, 0) is 29.8 Å². The first-order chi connectivity index (χ1) is 7.74. The predicted octanol–water partition coefficient (Wildman–Crippen LogP) is 2.54. The molecular formula is C12H11FN2O. The molecule has 0 fully saturated rings. The zero-order valence-electron chi connectivity index (χ0n) is 8.52. The number of aromatic hydroxyl groups is 1. The van der Waals surface area contributed by atoms with Gasteiger partial charge < -0.3 is 10.4 Å². The number of halogens is 1. The molecule has 0 aliphatic rings. The molecule has 1 heterocycles. The van der Waals surface area contributed by atoms with E-state index in [4.69, 9.17) is 5.11 Å². The second-order valence-corrected chi connectivity index (χ2v) is 3.39. The van der Waals surface area contributed by atoms with Gasteiger partial charge in [-0.1, -0.05) is 12.1 Å². The molecule has 1 aromatic carbocycles. The van der Waals surface area contributed by atoms with Crippen molar-refractivity contribution in [1.82, 2.24) is 4.98 Å². The third kappa shape index (κ3) is 2.70. The first-order valence-corrected chi connectivity index (χ1v) is 4.87. The van der Waals surface area contributed by atoms with Crippen LogP contribution in [0.3, 0.4) is 0 Å². The van der Waals surface area contributed by atoms with Crippen LogP contribution in [0.2, 0.25) is 0 Å².